The maximum Gasteiger partial charge on any atom is 0.142 e. The molecule has 1 aromatic heterocycles. The van der Waals surface area contributed by atoms with Gasteiger partial charge in [-0.1, -0.05) is 13.8 Å². The van der Waals surface area contributed by atoms with E-state index in [0.29, 0.717) is 5.92 Å². The molecule has 0 amide bonds. The summed E-state index contributed by atoms with van der Waals surface area (Å²) in [5, 5.41) is 3.42. The summed E-state index contributed by atoms with van der Waals surface area (Å²) in [4.78, 5) is 9.17. The first-order chi connectivity index (χ1) is 7.70. The smallest absolute Gasteiger partial charge is 0.142 e. The van der Waals surface area contributed by atoms with Crippen LogP contribution in [-0.2, 0) is 6.54 Å². The van der Waals surface area contributed by atoms with Crippen molar-refractivity contribution in [3.05, 3.63) is 22.8 Å². The number of rotatable bonds is 3. The largest absolute Gasteiger partial charge is 0.305 e. The van der Waals surface area contributed by atoms with E-state index in [1.807, 2.05) is 0 Å². The molecule has 0 radical (unpaired) electrons. The van der Waals surface area contributed by atoms with Crippen LogP contribution >= 0.6 is 0 Å². The molecule has 0 aliphatic rings. The van der Waals surface area contributed by atoms with Crippen LogP contribution in [0, 0.1) is 13.8 Å². The second-order valence-electron chi connectivity index (χ2n) is 5.98. The molecule has 1 aromatic rings. The van der Waals surface area contributed by atoms with Crippen LogP contribution in [0.15, 0.2) is 0 Å². The second-order valence-corrected chi connectivity index (χ2v) is 5.98. The van der Waals surface area contributed by atoms with E-state index >= 15 is 0 Å². The summed E-state index contributed by atoms with van der Waals surface area (Å²) >= 11 is 0. The van der Waals surface area contributed by atoms with Gasteiger partial charge in [0.15, 0.2) is 0 Å². The van der Waals surface area contributed by atoms with Crippen LogP contribution < -0.4 is 5.32 Å². The maximum atomic E-state index is 4.58. The molecule has 1 N–H and O–H groups in total. The first-order valence-corrected chi connectivity index (χ1v) is 6.29. The van der Waals surface area contributed by atoms with Crippen LogP contribution in [-0.4, -0.2) is 15.5 Å². The van der Waals surface area contributed by atoms with Gasteiger partial charge in [0, 0.05) is 16.9 Å². The summed E-state index contributed by atoms with van der Waals surface area (Å²) < 4.78 is 0. The molecule has 3 heteroatoms. The minimum absolute atomic E-state index is 0.0991. The van der Waals surface area contributed by atoms with Gasteiger partial charge in [0.2, 0.25) is 0 Å². The van der Waals surface area contributed by atoms with E-state index in [4.69, 9.17) is 0 Å². The number of nitrogens with zero attached hydrogens (tertiary/aromatic N) is 2. The average Bonchev–Trinajstić information content (AvgIpc) is 2.11. The molecule has 0 saturated carbocycles. The zero-order chi connectivity index (χ0) is 13.2. The molecular weight excluding hydrogens is 210 g/mol. The number of nitrogens with one attached hydrogen (secondary N) is 1. The summed E-state index contributed by atoms with van der Waals surface area (Å²) in [6.07, 6.45) is 0. The van der Waals surface area contributed by atoms with Gasteiger partial charge in [-0.2, -0.15) is 0 Å². The fourth-order valence-electron chi connectivity index (χ4n) is 2.05. The first kappa shape index (κ1) is 14.1. The van der Waals surface area contributed by atoms with Gasteiger partial charge in [-0.05, 0) is 46.1 Å². The zero-order valence-electron chi connectivity index (χ0n) is 12.2. The standard InChI is InChI=1S/C14H25N3/c1-9(2)13-10(3)16-12(17-11(13)4)8-15-14(5,6)7/h9,15H,8H2,1-7H3. The molecular formula is C14H25N3. The third-order valence-corrected chi connectivity index (χ3v) is 2.73. The van der Waals surface area contributed by atoms with Gasteiger partial charge < -0.3 is 5.32 Å². The van der Waals surface area contributed by atoms with E-state index in [9.17, 15) is 0 Å². The fourth-order valence-corrected chi connectivity index (χ4v) is 2.05. The van der Waals surface area contributed by atoms with Crippen molar-refractivity contribution in [2.45, 2.75) is 66.5 Å². The number of aryl methyl sites for hydroxylation is 2. The summed E-state index contributed by atoms with van der Waals surface area (Å²) in [7, 11) is 0. The van der Waals surface area contributed by atoms with E-state index in [1.54, 1.807) is 0 Å². The third-order valence-electron chi connectivity index (χ3n) is 2.73. The predicted molar refractivity (Wildman–Crippen MR) is 72.2 cm³/mol. The Bertz CT molecular complexity index is 366. The third kappa shape index (κ3) is 4.08. The predicted octanol–water partition coefficient (Wildman–Crippen LogP) is 3.10. The normalized spacial score (nSPS) is 12.2. The van der Waals surface area contributed by atoms with Crippen LogP contribution in [0.1, 0.15) is 63.3 Å². The van der Waals surface area contributed by atoms with Crippen LogP contribution in [0.4, 0.5) is 0 Å². The van der Waals surface area contributed by atoms with Gasteiger partial charge in [-0.3, -0.25) is 0 Å². The Morgan fingerprint density at radius 2 is 1.53 bits per heavy atom. The number of aromatic nitrogens is 2. The van der Waals surface area contributed by atoms with Crippen molar-refractivity contribution in [2.75, 3.05) is 0 Å². The lowest BCUT2D eigenvalue weighted by Crippen LogP contribution is -2.35. The average molecular weight is 235 g/mol. The van der Waals surface area contributed by atoms with Crippen LogP contribution in [0.2, 0.25) is 0 Å². The molecule has 0 bridgehead atoms. The van der Waals surface area contributed by atoms with E-state index in [0.717, 1.165) is 23.8 Å². The highest BCUT2D eigenvalue weighted by atomic mass is 15.0. The van der Waals surface area contributed by atoms with Crippen LogP contribution in [0.3, 0.4) is 0 Å². The SMILES string of the molecule is Cc1nc(CNC(C)(C)C)nc(C)c1C(C)C. The van der Waals surface area contributed by atoms with Crippen molar-refractivity contribution < 1.29 is 0 Å². The van der Waals surface area contributed by atoms with Gasteiger partial charge in [0.1, 0.15) is 5.82 Å². The molecule has 96 valence electrons. The van der Waals surface area contributed by atoms with Gasteiger partial charge in [-0.25, -0.2) is 9.97 Å². The first-order valence-electron chi connectivity index (χ1n) is 6.29. The monoisotopic (exact) mass is 235 g/mol. The molecule has 0 aliphatic heterocycles. The Labute approximate surface area is 105 Å². The zero-order valence-corrected chi connectivity index (χ0v) is 12.2. The van der Waals surface area contributed by atoms with Crippen molar-refractivity contribution in [3.8, 4) is 0 Å². The van der Waals surface area contributed by atoms with Gasteiger partial charge in [0.25, 0.3) is 0 Å². The van der Waals surface area contributed by atoms with Crippen molar-refractivity contribution in [1.82, 2.24) is 15.3 Å². The van der Waals surface area contributed by atoms with Crippen LogP contribution in [0.25, 0.3) is 0 Å². The molecule has 1 heterocycles. The van der Waals surface area contributed by atoms with E-state index < -0.39 is 0 Å². The van der Waals surface area contributed by atoms with Gasteiger partial charge in [-0.15, -0.1) is 0 Å². The lowest BCUT2D eigenvalue weighted by atomic mass is 10.0. The molecule has 0 aromatic carbocycles. The van der Waals surface area contributed by atoms with Crippen molar-refractivity contribution in [1.29, 1.82) is 0 Å². The Balaban J connectivity index is 2.91. The molecule has 1 rings (SSSR count). The van der Waals surface area contributed by atoms with Crippen molar-refractivity contribution in [3.63, 3.8) is 0 Å². The van der Waals surface area contributed by atoms with Gasteiger partial charge in [0.05, 0.1) is 6.54 Å². The number of hydrogen-bond acceptors (Lipinski definition) is 3. The molecule has 0 fully saturated rings. The molecule has 17 heavy (non-hydrogen) atoms. The Hall–Kier alpha value is -0.960. The minimum Gasteiger partial charge on any atom is -0.305 e. The molecule has 0 aliphatic carbocycles. The number of hydrogen-bond donors (Lipinski definition) is 1. The molecule has 0 unspecified atom stereocenters. The highest BCUT2D eigenvalue weighted by Crippen LogP contribution is 2.20. The summed E-state index contributed by atoms with van der Waals surface area (Å²) in [5.41, 5.74) is 3.60. The van der Waals surface area contributed by atoms with E-state index in [-0.39, 0.29) is 5.54 Å². The molecule has 3 nitrogen and oxygen atoms in total. The van der Waals surface area contributed by atoms with Gasteiger partial charge >= 0.3 is 0 Å². The van der Waals surface area contributed by atoms with Crippen molar-refractivity contribution in [2.24, 2.45) is 0 Å². The fraction of sp³-hybridized carbons (Fsp3) is 0.714. The van der Waals surface area contributed by atoms with Crippen LogP contribution in [0.5, 0.6) is 0 Å². The molecule has 0 spiro atoms. The lowest BCUT2D eigenvalue weighted by Gasteiger charge is -2.21. The Morgan fingerprint density at radius 1 is 1.06 bits per heavy atom. The Kier molecular flexibility index (Phi) is 4.26. The quantitative estimate of drug-likeness (QED) is 0.874. The second kappa shape index (κ2) is 5.13. The summed E-state index contributed by atoms with van der Waals surface area (Å²) in [6.45, 7) is 15.7. The molecule has 0 saturated heterocycles. The van der Waals surface area contributed by atoms with E-state index in [2.05, 4.69) is 63.8 Å². The highest BCUT2D eigenvalue weighted by Gasteiger charge is 2.13. The highest BCUT2D eigenvalue weighted by molar-refractivity contribution is 5.27. The summed E-state index contributed by atoms with van der Waals surface area (Å²) in [6, 6.07) is 0. The maximum absolute atomic E-state index is 4.58. The molecule has 0 atom stereocenters. The van der Waals surface area contributed by atoms with Crippen molar-refractivity contribution >= 4 is 0 Å². The topological polar surface area (TPSA) is 37.8 Å². The lowest BCUT2D eigenvalue weighted by molar-refractivity contribution is 0.417. The summed E-state index contributed by atoms with van der Waals surface area (Å²) in [5.74, 6) is 1.37. The van der Waals surface area contributed by atoms with E-state index in [1.165, 1.54) is 5.56 Å². The minimum atomic E-state index is 0.0991. The Morgan fingerprint density at radius 3 is 1.88 bits per heavy atom.